The molecule has 0 spiro atoms. The molecule has 7 heteroatoms. The Labute approximate surface area is 126 Å². The van der Waals surface area contributed by atoms with Gasteiger partial charge in [0, 0.05) is 5.56 Å². The summed E-state index contributed by atoms with van der Waals surface area (Å²) in [6.45, 7) is 1.61. The normalized spacial score (nSPS) is 10.6. The molecule has 0 radical (unpaired) electrons. The van der Waals surface area contributed by atoms with E-state index in [1.165, 1.54) is 18.5 Å². The number of nitrogens with one attached hydrogen (secondary N) is 2. The van der Waals surface area contributed by atoms with Crippen LogP contribution in [0.1, 0.15) is 21.7 Å². The zero-order valence-electron chi connectivity index (χ0n) is 11.9. The quantitative estimate of drug-likeness (QED) is 0.569. The molecule has 114 valence electrons. The molecule has 2 amide bonds. The molecule has 1 heterocycles. The minimum atomic E-state index is -0.497. The minimum Gasteiger partial charge on any atom is -0.507 e. The van der Waals surface area contributed by atoms with E-state index in [9.17, 15) is 14.7 Å². The van der Waals surface area contributed by atoms with Crippen LogP contribution in [0.2, 0.25) is 0 Å². The summed E-state index contributed by atoms with van der Waals surface area (Å²) in [5.41, 5.74) is 3.64. The molecule has 0 aliphatic heterocycles. The highest BCUT2D eigenvalue weighted by atomic mass is 16.3. The number of hydrogen-bond acceptors (Lipinski definition) is 5. The van der Waals surface area contributed by atoms with Gasteiger partial charge < -0.3 is 14.8 Å². The second kappa shape index (κ2) is 7.07. The van der Waals surface area contributed by atoms with Crippen molar-refractivity contribution in [2.24, 2.45) is 5.10 Å². The molecule has 0 fully saturated rings. The molecule has 2 aromatic rings. The van der Waals surface area contributed by atoms with Crippen LogP contribution in [0.25, 0.3) is 0 Å². The summed E-state index contributed by atoms with van der Waals surface area (Å²) in [5.74, 6) is -0.784. The number of hydrogen-bond donors (Lipinski definition) is 3. The lowest BCUT2D eigenvalue weighted by atomic mass is 10.1. The Bertz CT molecular complexity index is 693. The largest absolute Gasteiger partial charge is 0.507 e. The third-order valence-electron chi connectivity index (χ3n) is 2.73. The zero-order chi connectivity index (χ0) is 15.9. The van der Waals surface area contributed by atoms with E-state index in [4.69, 9.17) is 4.42 Å². The van der Waals surface area contributed by atoms with Crippen LogP contribution in [0.15, 0.2) is 46.1 Å². The summed E-state index contributed by atoms with van der Waals surface area (Å²) in [5, 5.41) is 15.8. The van der Waals surface area contributed by atoms with Crippen LogP contribution < -0.4 is 10.7 Å². The average molecular weight is 301 g/mol. The summed E-state index contributed by atoms with van der Waals surface area (Å²) in [4.78, 5) is 23.0. The zero-order valence-corrected chi connectivity index (χ0v) is 11.9. The van der Waals surface area contributed by atoms with Crippen molar-refractivity contribution in [2.75, 3.05) is 6.54 Å². The van der Waals surface area contributed by atoms with Crippen molar-refractivity contribution in [1.29, 1.82) is 0 Å². The monoisotopic (exact) mass is 301 g/mol. The molecule has 0 aliphatic carbocycles. The first-order chi connectivity index (χ1) is 10.6. The number of phenols is 1. The Morgan fingerprint density at radius 1 is 1.36 bits per heavy atom. The van der Waals surface area contributed by atoms with Gasteiger partial charge in [-0.15, -0.1) is 0 Å². The fourth-order valence-electron chi connectivity index (χ4n) is 1.63. The van der Waals surface area contributed by atoms with Crippen LogP contribution in [-0.2, 0) is 4.79 Å². The van der Waals surface area contributed by atoms with Gasteiger partial charge in [0.15, 0.2) is 5.76 Å². The van der Waals surface area contributed by atoms with Crippen molar-refractivity contribution >= 4 is 18.0 Å². The Morgan fingerprint density at radius 3 is 2.86 bits per heavy atom. The van der Waals surface area contributed by atoms with Gasteiger partial charge in [-0.2, -0.15) is 5.10 Å². The third kappa shape index (κ3) is 4.20. The molecule has 0 aliphatic rings. The highest BCUT2D eigenvalue weighted by molar-refractivity contribution is 5.94. The van der Waals surface area contributed by atoms with Gasteiger partial charge in [-0.1, -0.05) is 6.07 Å². The first-order valence-electron chi connectivity index (χ1n) is 6.49. The first kappa shape index (κ1) is 15.3. The van der Waals surface area contributed by atoms with Gasteiger partial charge in [0.25, 0.3) is 11.8 Å². The van der Waals surface area contributed by atoms with Gasteiger partial charge in [0.05, 0.1) is 19.0 Å². The fraction of sp³-hybridized carbons (Fsp3) is 0.133. The maximum absolute atomic E-state index is 11.5. The molecule has 1 aromatic heterocycles. The summed E-state index contributed by atoms with van der Waals surface area (Å²) in [6.07, 6.45) is 2.69. The molecule has 0 saturated heterocycles. The predicted octanol–water partition coefficient (Wildman–Crippen LogP) is 1.17. The summed E-state index contributed by atoms with van der Waals surface area (Å²) >= 11 is 0. The smallest absolute Gasteiger partial charge is 0.287 e. The third-order valence-corrected chi connectivity index (χ3v) is 2.73. The van der Waals surface area contributed by atoms with E-state index < -0.39 is 11.8 Å². The van der Waals surface area contributed by atoms with Crippen LogP contribution in [0, 0.1) is 6.92 Å². The highest BCUT2D eigenvalue weighted by Crippen LogP contribution is 2.15. The summed E-state index contributed by atoms with van der Waals surface area (Å²) in [6, 6.07) is 8.15. The first-order valence-corrected chi connectivity index (χ1v) is 6.49. The number of benzene rings is 1. The Balaban J connectivity index is 1.80. The number of carbonyl (C=O) groups excluding carboxylic acids is 2. The van der Waals surface area contributed by atoms with Crippen molar-refractivity contribution in [3.63, 3.8) is 0 Å². The number of amides is 2. The highest BCUT2D eigenvalue weighted by Gasteiger charge is 2.09. The topological polar surface area (TPSA) is 104 Å². The molecular formula is C15H15N3O4. The average Bonchev–Trinajstić information content (AvgIpc) is 3.01. The Morgan fingerprint density at radius 2 is 2.18 bits per heavy atom. The van der Waals surface area contributed by atoms with Crippen LogP contribution in [0.5, 0.6) is 5.75 Å². The second-order valence-corrected chi connectivity index (χ2v) is 4.52. The maximum Gasteiger partial charge on any atom is 0.287 e. The van der Waals surface area contributed by atoms with E-state index >= 15 is 0 Å². The van der Waals surface area contributed by atoms with Gasteiger partial charge in [-0.25, -0.2) is 5.43 Å². The Hall–Kier alpha value is -3.09. The number of hydrazone groups is 1. The van der Waals surface area contributed by atoms with Crippen molar-refractivity contribution in [3.05, 3.63) is 53.5 Å². The van der Waals surface area contributed by atoms with E-state index in [2.05, 4.69) is 15.8 Å². The van der Waals surface area contributed by atoms with E-state index in [0.29, 0.717) is 5.56 Å². The second-order valence-electron chi connectivity index (χ2n) is 4.52. The van der Waals surface area contributed by atoms with Gasteiger partial charge in [-0.3, -0.25) is 9.59 Å². The molecule has 0 unspecified atom stereocenters. The van der Waals surface area contributed by atoms with E-state index in [0.717, 1.165) is 5.56 Å². The predicted molar refractivity (Wildman–Crippen MR) is 79.6 cm³/mol. The number of furan rings is 1. The van der Waals surface area contributed by atoms with Gasteiger partial charge in [0.2, 0.25) is 0 Å². The summed E-state index contributed by atoms with van der Waals surface area (Å²) in [7, 11) is 0. The van der Waals surface area contributed by atoms with Crippen molar-refractivity contribution in [1.82, 2.24) is 10.7 Å². The summed E-state index contributed by atoms with van der Waals surface area (Å²) < 4.78 is 4.89. The standard InChI is InChI=1S/C15H15N3O4/c1-10-4-5-11(12(19)7-10)8-17-18-14(20)9-16-15(21)13-3-2-6-22-13/h2-8,19H,9H2,1H3,(H,16,21)(H,18,20)/b17-8+. The number of aromatic hydroxyl groups is 1. The number of nitrogens with zero attached hydrogens (tertiary/aromatic N) is 1. The lowest BCUT2D eigenvalue weighted by molar-refractivity contribution is -0.120. The SMILES string of the molecule is Cc1ccc(/C=N/NC(=O)CNC(=O)c2ccco2)c(O)c1. The fourth-order valence-corrected chi connectivity index (χ4v) is 1.63. The molecule has 0 saturated carbocycles. The van der Waals surface area contributed by atoms with E-state index in [1.54, 1.807) is 18.2 Å². The van der Waals surface area contributed by atoms with Crippen LogP contribution in [-0.4, -0.2) is 29.7 Å². The van der Waals surface area contributed by atoms with Crippen LogP contribution in [0.4, 0.5) is 0 Å². The van der Waals surface area contributed by atoms with Crippen molar-refractivity contribution in [2.45, 2.75) is 6.92 Å². The number of carbonyl (C=O) groups is 2. The molecule has 7 nitrogen and oxygen atoms in total. The maximum atomic E-state index is 11.5. The Kier molecular flexibility index (Phi) is 4.92. The van der Waals surface area contributed by atoms with Crippen LogP contribution in [0.3, 0.4) is 0 Å². The van der Waals surface area contributed by atoms with E-state index in [-0.39, 0.29) is 18.1 Å². The van der Waals surface area contributed by atoms with Crippen molar-refractivity contribution < 1.29 is 19.1 Å². The number of rotatable bonds is 5. The molecule has 22 heavy (non-hydrogen) atoms. The molecule has 0 bridgehead atoms. The number of phenolic OH excluding ortho intramolecular Hbond substituents is 1. The van der Waals surface area contributed by atoms with Gasteiger partial charge in [-0.05, 0) is 36.8 Å². The van der Waals surface area contributed by atoms with Crippen LogP contribution >= 0.6 is 0 Å². The molecular weight excluding hydrogens is 286 g/mol. The minimum absolute atomic E-state index is 0.0733. The lowest BCUT2D eigenvalue weighted by Gasteiger charge is -2.02. The van der Waals surface area contributed by atoms with Crippen molar-refractivity contribution in [3.8, 4) is 5.75 Å². The molecule has 3 N–H and O–H groups in total. The lowest BCUT2D eigenvalue weighted by Crippen LogP contribution is -2.34. The van der Waals surface area contributed by atoms with Gasteiger partial charge >= 0.3 is 0 Å². The van der Waals surface area contributed by atoms with Gasteiger partial charge in [0.1, 0.15) is 5.75 Å². The molecule has 2 rings (SSSR count). The molecule has 1 aromatic carbocycles. The van der Waals surface area contributed by atoms with E-state index in [1.807, 2.05) is 13.0 Å². The molecule has 0 atom stereocenters. The number of aryl methyl sites for hydroxylation is 1.